The highest BCUT2D eigenvalue weighted by Crippen LogP contribution is 2.09. The van der Waals surface area contributed by atoms with Crippen LogP contribution in [0.1, 0.15) is 32.4 Å². The van der Waals surface area contributed by atoms with Crippen LogP contribution >= 0.6 is 0 Å². The lowest BCUT2D eigenvalue weighted by Crippen LogP contribution is -2.13. The van der Waals surface area contributed by atoms with Crippen molar-refractivity contribution in [3.05, 3.63) is 18.1 Å². The summed E-state index contributed by atoms with van der Waals surface area (Å²) in [5, 5.41) is 12.0. The molecule has 2 N–H and O–H groups in total. The highest BCUT2D eigenvalue weighted by Gasteiger charge is 2.03. The maximum atomic E-state index is 8.80. The first kappa shape index (κ1) is 11.9. The third-order valence-electron chi connectivity index (χ3n) is 2.59. The number of aliphatic hydroxyl groups excluding tert-OH is 1. The summed E-state index contributed by atoms with van der Waals surface area (Å²) < 4.78 is 0. The van der Waals surface area contributed by atoms with Crippen molar-refractivity contribution in [3.8, 4) is 0 Å². The van der Waals surface area contributed by atoms with Crippen molar-refractivity contribution < 1.29 is 5.11 Å². The molecular weight excluding hydrogens is 190 g/mol. The Bertz CT molecular complexity index is 270. The summed E-state index contributed by atoms with van der Waals surface area (Å²) >= 11 is 0. The minimum Gasteiger partial charge on any atom is -0.390 e. The van der Waals surface area contributed by atoms with Crippen LogP contribution in [0.5, 0.6) is 0 Å². The van der Waals surface area contributed by atoms with Crippen LogP contribution < -0.4 is 5.32 Å². The molecule has 4 nitrogen and oxygen atoms in total. The first-order chi connectivity index (χ1) is 7.30. The molecule has 1 aromatic rings. The van der Waals surface area contributed by atoms with Gasteiger partial charge >= 0.3 is 0 Å². The molecule has 0 aliphatic heterocycles. The molecule has 0 bridgehead atoms. The van der Waals surface area contributed by atoms with Crippen molar-refractivity contribution in [1.82, 2.24) is 9.97 Å². The molecule has 0 fully saturated rings. The van der Waals surface area contributed by atoms with Crippen LogP contribution in [0.4, 0.5) is 5.82 Å². The third-order valence-corrected chi connectivity index (χ3v) is 2.59. The van der Waals surface area contributed by atoms with Crippen LogP contribution in [0.2, 0.25) is 0 Å². The first-order valence-corrected chi connectivity index (χ1v) is 5.45. The number of hydrogen-bond donors (Lipinski definition) is 2. The van der Waals surface area contributed by atoms with E-state index in [4.69, 9.17) is 5.11 Å². The molecule has 4 heteroatoms. The molecule has 0 saturated heterocycles. The Labute approximate surface area is 90.8 Å². The van der Waals surface area contributed by atoms with E-state index in [0.29, 0.717) is 11.6 Å². The fraction of sp³-hybridized carbons (Fsp3) is 0.636. The van der Waals surface area contributed by atoms with Gasteiger partial charge in [-0.15, -0.1) is 0 Å². The van der Waals surface area contributed by atoms with E-state index in [2.05, 4.69) is 29.1 Å². The highest BCUT2D eigenvalue weighted by molar-refractivity contribution is 5.30. The van der Waals surface area contributed by atoms with Gasteiger partial charge in [0.15, 0.2) is 0 Å². The Morgan fingerprint density at radius 2 is 2.00 bits per heavy atom. The van der Waals surface area contributed by atoms with Gasteiger partial charge in [0.25, 0.3) is 0 Å². The molecule has 0 radical (unpaired) electrons. The van der Waals surface area contributed by atoms with Crippen molar-refractivity contribution in [3.63, 3.8) is 0 Å². The standard InChI is InChI=1S/C11H19N3O/c1-3-9(4-2)5-13-11-7-12-10(8-15)6-14-11/h6-7,9,15H,3-5,8H2,1-2H3,(H,13,14). The molecule has 1 rings (SSSR count). The van der Waals surface area contributed by atoms with Gasteiger partial charge in [0, 0.05) is 6.54 Å². The van der Waals surface area contributed by atoms with E-state index in [9.17, 15) is 0 Å². The molecule has 0 aromatic carbocycles. The normalized spacial score (nSPS) is 10.7. The Hall–Kier alpha value is -1.16. The van der Waals surface area contributed by atoms with Crippen LogP contribution in [0.15, 0.2) is 12.4 Å². The van der Waals surface area contributed by atoms with Crippen molar-refractivity contribution in [2.24, 2.45) is 5.92 Å². The molecule has 0 aliphatic carbocycles. The second kappa shape index (κ2) is 6.35. The van der Waals surface area contributed by atoms with Gasteiger partial charge in [-0.05, 0) is 5.92 Å². The van der Waals surface area contributed by atoms with E-state index in [1.54, 1.807) is 12.4 Å². The number of nitrogens with zero attached hydrogens (tertiary/aromatic N) is 2. The van der Waals surface area contributed by atoms with Crippen LogP contribution in [0.25, 0.3) is 0 Å². The number of nitrogens with one attached hydrogen (secondary N) is 1. The summed E-state index contributed by atoms with van der Waals surface area (Å²) in [6, 6.07) is 0. The van der Waals surface area contributed by atoms with Crippen molar-refractivity contribution in [1.29, 1.82) is 0 Å². The van der Waals surface area contributed by atoms with E-state index in [0.717, 1.165) is 12.4 Å². The SMILES string of the molecule is CCC(CC)CNc1cnc(CO)cn1. The summed E-state index contributed by atoms with van der Waals surface area (Å²) in [4.78, 5) is 8.21. The lowest BCUT2D eigenvalue weighted by molar-refractivity contribution is 0.276. The van der Waals surface area contributed by atoms with E-state index >= 15 is 0 Å². The molecule has 1 heterocycles. The van der Waals surface area contributed by atoms with Gasteiger partial charge in [-0.25, -0.2) is 4.98 Å². The number of anilines is 1. The number of aromatic nitrogens is 2. The van der Waals surface area contributed by atoms with Crippen molar-refractivity contribution in [2.45, 2.75) is 33.3 Å². The maximum absolute atomic E-state index is 8.80. The van der Waals surface area contributed by atoms with E-state index in [1.165, 1.54) is 12.8 Å². The van der Waals surface area contributed by atoms with Crippen LogP contribution in [0.3, 0.4) is 0 Å². The number of hydrogen-bond acceptors (Lipinski definition) is 4. The Morgan fingerprint density at radius 3 is 2.47 bits per heavy atom. The third kappa shape index (κ3) is 3.83. The Kier molecular flexibility index (Phi) is 5.04. The smallest absolute Gasteiger partial charge is 0.144 e. The van der Waals surface area contributed by atoms with Crippen molar-refractivity contribution in [2.75, 3.05) is 11.9 Å². The average molecular weight is 209 g/mol. The lowest BCUT2D eigenvalue weighted by Gasteiger charge is -2.13. The topological polar surface area (TPSA) is 58.0 Å². The summed E-state index contributed by atoms with van der Waals surface area (Å²) in [6.45, 7) is 5.26. The fourth-order valence-electron chi connectivity index (χ4n) is 1.35. The molecule has 0 saturated carbocycles. The zero-order valence-corrected chi connectivity index (χ0v) is 9.40. The Balaban J connectivity index is 2.43. The second-order valence-corrected chi connectivity index (χ2v) is 3.61. The van der Waals surface area contributed by atoms with Crippen molar-refractivity contribution >= 4 is 5.82 Å². The molecule has 0 amide bonds. The molecule has 0 unspecified atom stereocenters. The van der Waals surface area contributed by atoms with Crippen LogP contribution in [0, 0.1) is 5.92 Å². The number of aliphatic hydroxyl groups is 1. The van der Waals surface area contributed by atoms with Gasteiger partial charge < -0.3 is 10.4 Å². The second-order valence-electron chi connectivity index (χ2n) is 3.61. The molecule has 84 valence electrons. The Morgan fingerprint density at radius 1 is 1.27 bits per heavy atom. The predicted octanol–water partition coefficient (Wildman–Crippen LogP) is 1.82. The van der Waals surface area contributed by atoms with Crippen LogP contribution in [-0.2, 0) is 6.61 Å². The van der Waals surface area contributed by atoms with E-state index < -0.39 is 0 Å². The summed E-state index contributed by atoms with van der Waals surface area (Å²) in [6.07, 6.45) is 5.60. The highest BCUT2D eigenvalue weighted by atomic mass is 16.3. The van der Waals surface area contributed by atoms with Crippen LogP contribution in [-0.4, -0.2) is 21.6 Å². The molecule has 1 aromatic heterocycles. The van der Waals surface area contributed by atoms with E-state index in [-0.39, 0.29) is 6.61 Å². The largest absolute Gasteiger partial charge is 0.390 e. The average Bonchev–Trinajstić information content (AvgIpc) is 2.31. The zero-order valence-electron chi connectivity index (χ0n) is 9.40. The van der Waals surface area contributed by atoms with Gasteiger partial charge in [-0.1, -0.05) is 26.7 Å². The van der Waals surface area contributed by atoms with Gasteiger partial charge in [-0.3, -0.25) is 4.98 Å². The fourth-order valence-corrected chi connectivity index (χ4v) is 1.35. The first-order valence-electron chi connectivity index (χ1n) is 5.45. The lowest BCUT2D eigenvalue weighted by atomic mass is 10.0. The van der Waals surface area contributed by atoms with Gasteiger partial charge in [0.2, 0.25) is 0 Å². The summed E-state index contributed by atoms with van der Waals surface area (Å²) in [5.74, 6) is 1.46. The molecule has 15 heavy (non-hydrogen) atoms. The minimum atomic E-state index is -0.0557. The zero-order chi connectivity index (χ0) is 11.1. The molecule has 0 atom stereocenters. The monoisotopic (exact) mass is 209 g/mol. The summed E-state index contributed by atoms with van der Waals surface area (Å²) in [5.41, 5.74) is 0.600. The predicted molar refractivity (Wildman–Crippen MR) is 60.5 cm³/mol. The molecule has 0 spiro atoms. The number of rotatable bonds is 6. The minimum absolute atomic E-state index is 0.0557. The van der Waals surface area contributed by atoms with Gasteiger partial charge in [0.1, 0.15) is 5.82 Å². The molecule has 0 aliphatic rings. The maximum Gasteiger partial charge on any atom is 0.144 e. The van der Waals surface area contributed by atoms with Gasteiger partial charge in [-0.2, -0.15) is 0 Å². The van der Waals surface area contributed by atoms with E-state index in [1.807, 2.05) is 0 Å². The molecular formula is C11H19N3O. The summed E-state index contributed by atoms with van der Waals surface area (Å²) in [7, 11) is 0. The van der Waals surface area contributed by atoms with Gasteiger partial charge in [0.05, 0.1) is 24.7 Å². The quantitative estimate of drug-likeness (QED) is 0.750.